The molecule has 2 aromatic heterocycles. The van der Waals surface area contributed by atoms with Gasteiger partial charge < -0.3 is 10.6 Å². The maximum atomic E-state index is 13.4. The molecule has 0 aliphatic rings. The van der Waals surface area contributed by atoms with E-state index in [1.54, 1.807) is 53.5 Å². The van der Waals surface area contributed by atoms with Crippen molar-refractivity contribution >= 4 is 17.8 Å². The quantitative estimate of drug-likeness (QED) is 0.502. The first kappa shape index (κ1) is 17.3. The summed E-state index contributed by atoms with van der Waals surface area (Å²) in [5.74, 6) is 0.551. The zero-order chi connectivity index (χ0) is 18.2. The van der Waals surface area contributed by atoms with Crippen LogP contribution in [-0.4, -0.2) is 39.0 Å². The molecule has 2 heterocycles. The van der Waals surface area contributed by atoms with Crippen LogP contribution in [0.1, 0.15) is 5.56 Å². The normalized spacial score (nSPS) is 10.8. The summed E-state index contributed by atoms with van der Waals surface area (Å²) in [6.45, 7) is 0.873. The van der Waals surface area contributed by atoms with Crippen molar-refractivity contribution in [3.63, 3.8) is 0 Å². The van der Waals surface area contributed by atoms with E-state index in [0.29, 0.717) is 30.3 Å². The standard InChI is InChI=1S/C18H17FN6O/c19-15-5-2-1-4-14(15)6-9-18(26)21-12-11-20-16-7-8-17(24-23-16)25-13-3-10-22-25/h1-10,13H,11-12H2,(H,20,23)(H,21,26)/b9-6+. The lowest BCUT2D eigenvalue weighted by molar-refractivity contribution is -0.116. The van der Waals surface area contributed by atoms with Gasteiger partial charge in [-0.25, -0.2) is 9.07 Å². The van der Waals surface area contributed by atoms with E-state index >= 15 is 0 Å². The Labute approximate surface area is 149 Å². The number of aromatic nitrogens is 4. The molecule has 0 saturated carbocycles. The van der Waals surface area contributed by atoms with Gasteiger partial charge >= 0.3 is 0 Å². The minimum atomic E-state index is -0.365. The van der Waals surface area contributed by atoms with Crippen molar-refractivity contribution in [1.29, 1.82) is 0 Å². The number of benzene rings is 1. The highest BCUT2D eigenvalue weighted by atomic mass is 19.1. The smallest absolute Gasteiger partial charge is 0.244 e. The van der Waals surface area contributed by atoms with Gasteiger partial charge in [-0.3, -0.25) is 4.79 Å². The van der Waals surface area contributed by atoms with Gasteiger partial charge in [0.1, 0.15) is 11.6 Å². The first-order valence-electron chi connectivity index (χ1n) is 8.00. The van der Waals surface area contributed by atoms with Crippen LogP contribution in [-0.2, 0) is 4.79 Å². The molecule has 0 atom stereocenters. The molecule has 2 N–H and O–H groups in total. The van der Waals surface area contributed by atoms with Crippen molar-refractivity contribution in [3.8, 4) is 5.82 Å². The third kappa shape index (κ3) is 4.73. The van der Waals surface area contributed by atoms with Gasteiger partial charge in [-0.1, -0.05) is 18.2 Å². The number of nitrogens with zero attached hydrogens (tertiary/aromatic N) is 4. The lowest BCUT2D eigenvalue weighted by Gasteiger charge is -2.06. The number of amides is 1. The second-order valence-electron chi connectivity index (χ2n) is 5.30. The number of hydrogen-bond acceptors (Lipinski definition) is 5. The zero-order valence-electron chi connectivity index (χ0n) is 13.8. The first-order chi connectivity index (χ1) is 12.7. The molecule has 0 fully saturated rings. The molecule has 26 heavy (non-hydrogen) atoms. The van der Waals surface area contributed by atoms with Gasteiger partial charge in [0, 0.05) is 37.1 Å². The molecule has 132 valence electrons. The van der Waals surface area contributed by atoms with E-state index < -0.39 is 0 Å². The van der Waals surface area contributed by atoms with E-state index in [0.717, 1.165) is 0 Å². The van der Waals surface area contributed by atoms with E-state index in [1.807, 2.05) is 0 Å². The molecule has 0 spiro atoms. The molecule has 0 radical (unpaired) electrons. The van der Waals surface area contributed by atoms with Crippen LogP contribution in [0.2, 0.25) is 0 Å². The van der Waals surface area contributed by atoms with E-state index in [2.05, 4.69) is 25.9 Å². The van der Waals surface area contributed by atoms with Crippen LogP contribution in [0, 0.1) is 5.82 Å². The molecule has 0 unspecified atom stereocenters. The number of carbonyl (C=O) groups excluding carboxylic acids is 1. The Morgan fingerprint density at radius 1 is 1.12 bits per heavy atom. The Kier molecular flexibility index (Phi) is 5.66. The van der Waals surface area contributed by atoms with Gasteiger partial charge in [0.2, 0.25) is 5.91 Å². The van der Waals surface area contributed by atoms with Crippen molar-refractivity contribution in [3.05, 3.63) is 72.3 Å². The van der Waals surface area contributed by atoms with Crippen molar-refractivity contribution in [2.45, 2.75) is 0 Å². The average molecular weight is 352 g/mol. The highest BCUT2D eigenvalue weighted by Crippen LogP contribution is 2.08. The molecule has 3 aromatic rings. The third-order valence-corrected chi connectivity index (χ3v) is 3.44. The average Bonchev–Trinajstić information content (AvgIpc) is 3.20. The summed E-state index contributed by atoms with van der Waals surface area (Å²) in [4.78, 5) is 11.7. The summed E-state index contributed by atoms with van der Waals surface area (Å²) in [7, 11) is 0. The molecule has 0 bridgehead atoms. The fourth-order valence-electron chi connectivity index (χ4n) is 2.16. The molecule has 3 rings (SSSR count). The summed E-state index contributed by atoms with van der Waals surface area (Å²) in [6.07, 6.45) is 6.19. The molecule has 0 saturated heterocycles. The van der Waals surface area contributed by atoms with Gasteiger partial charge in [0.05, 0.1) is 0 Å². The second kappa shape index (κ2) is 8.52. The molecule has 1 aromatic carbocycles. The Morgan fingerprint density at radius 3 is 2.73 bits per heavy atom. The van der Waals surface area contributed by atoms with E-state index in [4.69, 9.17) is 0 Å². The highest BCUT2D eigenvalue weighted by Gasteiger charge is 2.01. The van der Waals surface area contributed by atoms with Gasteiger partial charge in [0.15, 0.2) is 5.82 Å². The number of nitrogens with one attached hydrogen (secondary N) is 2. The molecule has 7 nitrogen and oxygen atoms in total. The number of halogens is 1. The van der Waals surface area contributed by atoms with Gasteiger partial charge in [-0.2, -0.15) is 5.10 Å². The van der Waals surface area contributed by atoms with Crippen molar-refractivity contribution in [2.24, 2.45) is 0 Å². The van der Waals surface area contributed by atoms with Gasteiger partial charge in [-0.05, 0) is 30.3 Å². The van der Waals surface area contributed by atoms with Crippen LogP contribution in [0.3, 0.4) is 0 Å². The van der Waals surface area contributed by atoms with Crippen LogP contribution in [0.4, 0.5) is 10.2 Å². The topological polar surface area (TPSA) is 84.7 Å². The predicted molar refractivity (Wildman–Crippen MR) is 96.1 cm³/mol. The summed E-state index contributed by atoms with van der Waals surface area (Å²) in [5, 5.41) is 17.9. The van der Waals surface area contributed by atoms with Crippen molar-refractivity contribution in [1.82, 2.24) is 25.3 Å². The number of rotatable bonds is 7. The molecular weight excluding hydrogens is 335 g/mol. The molecule has 8 heteroatoms. The van der Waals surface area contributed by atoms with Gasteiger partial charge in [-0.15, -0.1) is 10.2 Å². The Bertz CT molecular complexity index is 877. The summed E-state index contributed by atoms with van der Waals surface area (Å²) >= 11 is 0. The van der Waals surface area contributed by atoms with Crippen LogP contribution in [0.5, 0.6) is 0 Å². The van der Waals surface area contributed by atoms with E-state index in [-0.39, 0.29) is 11.7 Å². The highest BCUT2D eigenvalue weighted by molar-refractivity contribution is 5.91. The number of carbonyl (C=O) groups is 1. The molecule has 1 amide bonds. The zero-order valence-corrected chi connectivity index (χ0v) is 13.8. The molecular formula is C18H17FN6O. The Balaban J connectivity index is 1.41. The van der Waals surface area contributed by atoms with E-state index in [9.17, 15) is 9.18 Å². The van der Waals surface area contributed by atoms with Crippen LogP contribution < -0.4 is 10.6 Å². The molecule has 0 aliphatic carbocycles. The van der Waals surface area contributed by atoms with Crippen LogP contribution >= 0.6 is 0 Å². The summed E-state index contributed by atoms with van der Waals surface area (Å²) in [5.41, 5.74) is 0.369. The summed E-state index contributed by atoms with van der Waals surface area (Å²) in [6, 6.07) is 11.6. The predicted octanol–water partition coefficient (Wildman–Crippen LogP) is 2.04. The third-order valence-electron chi connectivity index (χ3n) is 3.44. The summed E-state index contributed by atoms with van der Waals surface area (Å²) < 4.78 is 15.1. The van der Waals surface area contributed by atoms with Crippen molar-refractivity contribution in [2.75, 3.05) is 18.4 Å². The SMILES string of the molecule is O=C(/C=C/c1ccccc1F)NCCNc1ccc(-n2cccn2)nn1. The lowest BCUT2D eigenvalue weighted by atomic mass is 10.2. The second-order valence-corrected chi connectivity index (χ2v) is 5.30. The van der Waals surface area contributed by atoms with Crippen molar-refractivity contribution < 1.29 is 9.18 Å². The maximum Gasteiger partial charge on any atom is 0.244 e. The first-order valence-corrected chi connectivity index (χ1v) is 8.00. The van der Waals surface area contributed by atoms with Crippen LogP contribution in [0.25, 0.3) is 11.9 Å². The maximum absolute atomic E-state index is 13.4. The largest absolute Gasteiger partial charge is 0.367 e. The number of anilines is 1. The Hall–Kier alpha value is -3.55. The lowest BCUT2D eigenvalue weighted by Crippen LogP contribution is -2.27. The minimum Gasteiger partial charge on any atom is -0.367 e. The fourth-order valence-corrected chi connectivity index (χ4v) is 2.16. The van der Waals surface area contributed by atoms with Crippen LogP contribution in [0.15, 0.2) is 60.9 Å². The fraction of sp³-hybridized carbons (Fsp3) is 0.111. The monoisotopic (exact) mass is 352 g/mol. The number of hydrogen-bond donors (Lipinski definition) is 2. The molecule has 0 aliphatic heterocycles. The van der Waals surface area contributed by atoms with Gasteiger partial charge in [0.25, 0.3) is 0 Å². The van der Waals surface area contributed by atoms with E-state index in [1.165, 1.54) is 18.2 Å². The Morgan fingerprint density at radius 2 is 2.00 bits per heavy atom. The minimum absolute atomic E-state index is 0.296.